The van der Waals surface area contributed by atoms with Crippen molar-refractivity contribution in [3.05, 3.63) is 34.0 Å². The average Bonchev–Trinajstić information content (AvgIpc) is 2.87. The lowest BCUT2D eigenvalue weighted by Crippen LogP contribution is -2.06. The van der Waals surface area contributed by atoms with Gasteiger partial charge in [0.2, 0.25) is 0 Å². The Kier molecular flexibility index (Phi) is 3.36. The Hall–Kier alpha value is -1.28. The summed E-state index contributed by atoms with van der Waals surface area (Å²) in [6, 6.07) is 4.04. The molecule has 0 amide bonds. The zero-order valence-electron chi connectivity index (χ0n) is 11.5. The van der Waals surface area contributed by atoms with Gasteiger partial charge < -0.3 is 5.32 Å². The molecule has 2 nitrogen and oxygen atoms in total. The van der Waals surface area contributed by atoms with E-state index in [1.807, 2.05) is 6.07 Å². The molecule has 0 unspecified atom stereocenters. The van der Waals surface area contributed by atoms with Crippen LogP contribution in [0.5, 0.6) is 0 Å². The molecule has 0 radical (unpaired) electrons. The second-order valence-corrected chi connectivity index (χ2v) is 5.69. The molecule has 1 aliphatic carbocycles. The lowest BCUT2D eigenvalue weighted by atomic mass is 10.0. The second-order valence-electron chi connectivity index (χ2n) is 5.28. The lowest BCUT2D eigenvalue weighted by Gasteiger charge is -2.16. The van der Waals surface area contributed by atoms with E-state index in [0.29, 0.717) is 0 Å². The van der Waals surface area contributed by atoms with Crippen molar-refractivity contribution in [1.82, 2.24) is 4.98 Å². The zero-order chi connectivity index (χ0) is 13.4. The summed E-state index contributed by atoms with van der Waals surface area (Å²) in [5.74, 6) is 0. The van der Waals surface area contributed by atoms with E-state index in [9.17, 15) is 0 Å². The fourth-order valence-electron chi connectivity index (χ4n) is 2.94. The minimum absolute atomic E-state index is 0.759. The van der Waals surface area contributed by atoms with Gasteiger partial charge in [-0.25, -0.2) is 0 Å². The van der Waals surface area contributed by atoms with Crippen molar-refractivity contribution in [2.45, 2.75) is 39.5 Å². The predicted molar refractivity (Wildman–Crippen MR) is 82.3 cm³/mol. The molecule has 1 N–H and O–H groups in total. The number of rotatable bonds is 3. The molecule has 0 saturated carbocycles. The van der Waals surface area contributed by atoms with E-state index in [4.69, 9.17) is 16.6 Å². The molecule has 0 bridgehead atoms. The van der Waals surface area contributed by atoms with E-state index in [0.717, 1.165) is 36.3 Å². The van der Waals surface area contributed by atoms with Gasteiger partial charge in [0.1, 0.15) is 0 Å². The van der Waals surface area contributed by atoms with E-state index >= 15 is 0 Å². The summed E-state index contributed by atoms with van der Waals surface area (Å²) in [6.07, 6.45) is 4.54. The van der Waals surface area contributed by atoms with Crippen LogP contribution < -0.4 is 5.32 Å². The van der Waals surface area contributed by atoms with E-state index in [1.165, 1.54) is 34.3 Å². The van der Waals surface area contributed by atoms with E-state index < -0.39 is 0 Å². The molecule has 2 aromatic rings. The number of nitrogens with one attached hydrogen (secondary N) is 1. The van der Waals surface area contributed by atoms with Gasteiger partial charge in [0.15, 0.2) is 0 Å². The van der Waals surface area contributed by atoms with Crippen molar-refractivity contribution in [3.63, 3.8) is 0 Å². The van der Waals surface area contributed by atoms with Gasteiger partial charge in [-0.2, -0.15) is 0 Å². The summed E-state index contributed by atoms with van der Waals surface area (Å²) in [7, 11) is 0. The molecule has 3 rings (SSSR count). The first-order chi connectivity index (χ1) is 9.22. The zero-order valence-corrected chi connectivity index (χ0v) is 12.3. The number of fused-ring (bicyclic) bond motifs is 2. The van der Waals surface area contributed by atoms with Gasteiger partial charge in [-0.3, -0.25) is 4.98 Å². The SMILES string of the molecule is CCCNc1c2c(nc3c(Cl)ccc(C)c13)CCC2. The molecule has 1 heterocycles. The molecular formula is C16H19ClN2. The highest BCUT2D eigenvalue weighted by molar-refractivity contribution is 6.35. The molecule has 19 heavy (non-hydrogen) atoms. The maximum Gasteiger partial charge on any atom is 0.0915 e. The fraction of sp³-hybridized carbons (Fsp3) is 0.438. The standard InChI is InChI=1S/C16H19ClN2/c1-3-9-18-15-11-5-4-6-13(11)19-16-12(17)8-7-10(2)14(15)16/h7-8H,3-6,9H2,1-2H3,(H,18,19). The third kappa shape index (κ3) is 2.08. The minimum Gasteiger partial charge on any atom is -0.384 e. The van der Waals surface area contributed by atoms with E-state index in [1.54, 1.807) is 0 Å². The Labute approximate surface area is 119 Å². The van der Waals surface area contributed by atoms with Crippen LogP contribution in [0.4, 0.5) is 5.69 Å². The quantitative estimate of drug-likeness (QED) is 0.891. The maximum atomic E-state index is 6.35. The number of nitrogens with zero attached hydrogens (tertiary/aromatic N) is 1. The number of aromatic nitrogens is 1. The van der Waals surface area contributed by atoms with Crippen LogP contribution in [0.25, 0.3) is 10.9 Å². The molecule has 100 valence electrons. The summed E-state index contributed by atoms with van der Waals surface area (Å²) in [4.78, 5) is 4.81. The molecule has 0 fully saturated rings. The third-order valence-electron chi connectivity index (χ3n) is 3.88. The first-order valence-corrected chi connectivity index (χ1v) is 7.44. The van der Waals surface area contributed by atoms with Crippen molar-refractivity contribution in [2.24, 2.45) is 0 Å². The Morgan fingerprint density at radius 1 is 1.32 bits per heavy atom. The summed E-state index contributed by atoms with van der Waals surface area (Å²) < 4.78 is 0. The van der Waals surface area contributed by atoms with Crippen LogP contribution in [0, 0.1) is 6.92 Å². The Morgan fingerprint density at radius 2 is 2.16 bits per heavy atom. The predicted octanol–water partition coefficient (Wildman–Crippen LogP) is 4.51. The smallest absolute Gasteiger partial charge is 0.0915 e. The van der Waals surface area contributed by atoms with Crippen molar-refractivity contribution in [1.29, 1.82) is 0 Å². The van der Waals surface area contributed by atoms with Crippen LogP contribution in [0.3, 0.4) is 0 Å². The number of halogens is 1. The number of pyridine rings is 1. The Morgan fingerprint density at radius 3 is 2.95 bits per heavy atom. The highest BCUT2D eigenvalue weighted by Gasteiger charge is 2.21. The average molecular weight is 275 g/mol. The largest absolute Gasteiger partial charge is 0.384 e. The van der Waals surface area contributed by atoms with Crippen molar-refractivity contribution >= 4 is 28.2 Å². The van der Waals surface area contributed by atoms with E-state index in [2.05, 4.69) is 25.2 Å². The van der Waals surface area contributed by atoms with Gasteiger partial charge in [0.05, 0.1) is 10.5 Å². The Balaban J connectivity index is 2.31. The molecule has 1 aromatic heterocycles. The third-order valence-corrected chi connectivity index (χ3v) is 4.18. The highest BCUT2D eigenvalue weighted by atomic mass is 35.5. The monoisotopic (exact) mass is 274 g/mol. The number of anilines is 1. The molecular weight excluding hydrogens is 256 g/mol. The number of aryl methyl sites for hydroxylation is 2. The number of hydrogen-bond acceptors (Lipinski definition) is 2. The molecule has 1 aliphatic rings. The summed E-state index contributed by atoms with van der Waals surface area (Å²) in [5, 5.41) is 5.58. The van der Waals surface area contributed by atoms with Crippen LogP contribution >= 0.6 is 11.6 Å². The van der Waals surface area contributed by atoms with Crippen molar-refractivity contribution < 1.29 is 0 Å². The maximum absolute atomic E-state index is 6.35. The van der Waals surface area contributed by atoms with E-state index in [-0.39, 0.29) is 0 Å². The van der Waals surface area contributed by atoms with Gasteiger partial charge in [-0.1, -0.05) is 24.6 Å². The van der Waals surface area contributed by atoms with Gasteiger partial charge in [-0.15, -0.1) is 0 Å². The van der Waals surface area contributed by atoms with Crippen molar-refractivity contribution in [3.8, 4) is 0 Å². The first-order valence-electron chi connectivity index (χ1n) is 7.06. The summed E-state index contributed by atoms with van der Waals surface area (Å²) in [6.45, 7) is 5.33. The van der Waals surface area contributed by atoms with Gasteiger partial charge in [0.25, 0.3) is 0 Å². The number of hydrogen-bond donors (Lipinski definition) is 1. The van der Waals surface area contributed by atoms with Gasteiger partial charge in [-0.05, 0) is 49.8 Å². The molecule has 0 spiro atoms. The van der Waals surface area contributed by atoms with Crippen LogP contribution in [0.15, 0.2) is 12.1 Å². The van der Waals surface area contributed by atoms with Crippen LogP contribution in [0.1, 0.15) is 36.6 Å². The molecule has 0 aliphatic heterocycles. The molecule has 3 heteroatoms. The van der Waals surface area contributed by atoms with Gasteiger partial charge in [0, 0.05) is 23.3 Å². The van der Waals surface area contributed by atoms with Crippen LogP contribution in [0.2, 0.25) is 5.02 Å². The second kappa shape index (κ2) is 5.01. The van der Waals surface area contributed by atoms with Crippen LogP contribution in [-0.2, 0) is 12.8 Å². The van der Waals surface area contributed by atoms with Crippen molar-refractivity contribution in [2.75, 3.05) is 11.9 Å². The van der Waals surface area contributed by atoms with Crippen LogP contribution in [-0.4, -0.2) is 11.5 Å². The van der Waals surface area contributed by atoms with Gasteiger partial charge >= 0.3 is 0 Å². The first kappa shape index (κ1) is 12.7. The molecule has 1 aromatic carbocycles. The normalized spacial score (nSPS) is 13.8. The highest BCUT2D eigenvalue weighted by Crippen LogP contribution is 2.38. The lowest BCUT2D eigenvalue weighted by molar-refractivity contribution is 0.900. The molecule has 0 saturated heterocycles. The minimum atomic E-state index is 0.759. The summed E-state index contributed by atoms with van der Waals surface area (Å²) >= 11 is 6.35. The molecule has 0 atom stereocenters. The number of benzene rings is 1. The topological polar surface area (TPSA) is 24.9 Å². The summed E-state index contributed by atoms with van der Waals surface area (Å²) in [5.41, 5.74) is 6.13. The fourth-order valence-corrected chi connectivity index (χ4v) is 3.14. The Bertz CT molecular complexity index is 634.